The maximum atomic E-state index is 12.7. The Bertz CT molecular complexity index is 758. The molecule has 0 spiro atoms. The van der Waals surface area contributed by atoms with Crippen LogP contribution in [0.15, 0.2) is 56.2 Å². The molecule has 1 saturated heterocycles. The van der Waals surface area contributed by atoms with E-state index in [1.54, 1.807) is 35.6 Å². The summed E-state index contributed by atoms with van der Waals surface area (Å²) in [5, 5.41) is 3.88. The number of amides is 1. The average molecular weight is 298 g/mol. The molecule has 6 heteroatoms. The second-order valence-electron chi connectivity index (χ2n) is 5.23. The van der Waals surface area contributed by atoms with E-state index in [0.29, 0.717) is 18.1 Å². The molecule has 1 atom stereocenters. The fourth-order valence-corrected chi connectivity index (χ4v) is 2.84. The Morgan fingerprint density at radius 2 is 2.05 bits per heavy atom. The van der Waals surface area contributed by atoms with Gasteiger partial charge in [-0.15, -0.1) is 0 Å². The summed E-state index contributed by atoms with van der Waals surface area (Å²) in [6, 6.07) is 8.82. The Morgan fingerprint density at radius 3 is 2.82 bits per heavy atom. The van der Waals surface area contributed by atoms with Crippen LogP contribution in [-0.4, -0.2) is 22.5 Å². The molecule has 0 N–H and O–H groups in total. The van der Waals surface area contributed by atoms with Crippen molar-refractivity contribution in [3.05, 3.63) is 54.3 Å². The van der Waals surface area contributed by atoms with Crippen LogP contribution in [0.5, 0.6) is 0 Å². The second-order valence-corrected chi connectivity index (χ2v) is 5.23. The smallest absolute Gasteiger partial charge is 0.276 e. The first-order chi connectivity index (χ1) is 10.8. The summed E-state index contributed by atoms with van der Waals surface area (Å²) in [4.78, 5) is 14.4. The zero-order valence-electron chi connectivity index (χ0n) is 11.8. The van der Waals surface area contributed by atoms with Crippen LogP contribution in [0.1, 0.15) is 35.1 Å². The molecule has 0 saturated carbocycles. The molecular weight excluding hydrogens is 284 g/mol. The Labute approximate surface area is 126 Å². The standard InChI is InChI=1S/C16H14N2O4/c19-16(11-10-15(22-17-11)14-6-3-9-21-14)18-7-1-4-12(18)13-5-2-8-20-13/h2-3,5-6,8-10,12H,1,4,7H2. The van der Waals surface area contributed by atoms with Crippen LogP contribution < -0.4 is 0 Å². The molecule has 1 aliphatic rings. The van der Waals surface area contributed by atoms with Gasteiger partial charge >= 0.3 is 0 Å². The monoisotopic (exact) mass is 298 g/mol. The number of hydrogen-bond acceptors (Lipinski definition) is 5. The minimum atomic E-state index is -0.152. The second kappa shape index (κ2) is 5.22. The molecule has 1 fully saturated rings. The quantitative estimate of drug-likeness (QED) is 0.740. The van der Waals surface area contributed by atoms with Crippen LogP contribution >= 0.6 is 0 Å². The molecular formula is C16H14N2O4. The lowest BCUT2D eigenvalue weighted by molar-refractivity contribution is 0.0709. The normalized spacial score (nSPS) is 18.0. The lowest BCUT2D eigenvalue weighted by atomic mass is 10.1. The Kier molecular flexibility index (Phi) is 3.07. The highest BCUT2D eigenvalue weighted by Gasteiger charge is 2.33. The molecule has 1 unspecified atom stereocenters. The summed E-state index contributed by atoms with van der Waals surface area (Å²) in [6.45, 7) is 0.688. The van der Waals surface area contributed by atoms with E-state index < -0.39 is 0 Å². The third kappa shape index (κ3) is 2.13. The summed E-state index contributed by atoms with van der Waals surface area (Å²) >= 11 is 0. The zero-order chi connectivity index (χ0) is 14.9. The van der Waals surface area contributed by atoms with Crippen molar-refractivity contribution < 1.29 is 18.2 Å². The summed E-state index contributed by atoms with van der Waals surface area (Å²) < 4.78 is 15.9. The van der Waals surface area contributed by atoms with Crippen molar-refractivity contribution in [2.75, 3.05) is 6.54 Å². The van der Waals surface area contributed by atoms with E-state index in [4.69, 9.17) is 13.4 Å². The number of hydrogen-bond donors (Lipinski definition) is 0. The average Bonchev–Trinajstić information content (AvgIpc) is 3.35. The first-order valence-electron chi connectivity index (χ1n) is 7.18. The molecule has 1 aliphatic heterocycles. The lowest BCUT2D eigenvalue weighted by Crippen LogP contribution is -2.30. The number of nitrogens with zero attached hydrogens (tertiary/aromatic N) is 2. The summed E-state index contributed by atoms with van der Waals surface area (Å²) in [5.41, 5.74) is 0.282. The zero-order valence-corrected chi connectivity index (χ0v) is 11.8. The number of carbonyl (C=O) groups excluding carboxylic acids is 1. The van der Waals surface area contributed by atoms with E-state index in [1.165, 1.54) is 0 Å². The number of aromatic nitrogens is 1. The van der Waals surface area contributed by atoms with Crippen molar-refractivity contribution in [1.29, 1.82) is 0 Å². The molecule has 4 rings (SSSR count). The SMILES string of the molecule is O=C(c1cc(-c2ccco2)on1)N1CCCC1c1ccco1. The van der Waals surface area contributed by atoms with Gasteiger partial charge in [0.05, 0.1) is 18.6 Å². The molecule has 1 amide bonds. The topological polar surface area (TPSA) is 72.6 Å². The van der Waals surface area contributed by atoms with Gasteiger partial charge in [-0.25, -0.2) is 0 Å². The van der Waals surface area contributed by atoms with Gasteiger partial charge in [0, 0.05) is 12.6 Å². The first kappa shape index (κ1) is 12.9. The van der Waals surface area contributed by atoms with Crippen molar-refractivity contribution in [2.45, 2.75) is 18.9 Å². The van der Waals surface area contributed by atoms with Gasteiger partial charge in [-0.1, -0.05) is 5.16 Å². The molecule has 112 valence electrons. The lowest BCUT2D eigenvalue weighted by Gasteiger charge is -2.21. The van der Waals surface area contributed by atoms with E-state index in [1.807, 2.05) is 12.1 Å². The van der Waals surface area contributed by atoms with Crippen LogP contribution in [0.3, 0.4) is 0 Å². The molecule has 22 heavy (non-hydrogen) atoms. The highest BCUT2D eigenvalue weighted by Crippen LogP contribution is 2.33. The summed E-state index contributed by atoms with van der Waals surface area (Å²) in [7, 11) is 0. The Hall–Kier alpha value is -2.76. The Morgan fingerprint density at radius 1 is 1.18 bits per heavy atom. The van der Waals surface area contributed by atoms with Gasteiger partial charge in [0.1, 0.15) is 5.76 Å². The molecule has 0 aliphatic carbocycles. The van der Waals surface area contributed by atoms with Crippen molar-refractivity contribution in [1.82, 2.24) is 10.1 Å². The van der Waals surface area contributed by atoms with Gasteiger partial charge in [-0.2, -0.15) is 0 Å². The van der Waals surface area contributed by atoms with Gasteiger partial charge < -0.3 is 18.3 Å². The summed E-state index contributed by atoms with van der Waals surface area (Å²) in [6.07, 6.45) is 5.01. The molecule has 3 aromatic heterocycles. The maximum absolute atomic E-state index is 12.7. The number of furan rings is 2. The van der Waals surface area contributed by atoms with Gasteiger partial charge in [0.25, 0.3) is 5.91 Å². The molecule has 4 heterocycles. The van der Waals surface area contributed by atoms with Crippen LogP contribution in [0.25, 0.3) is 11.5 Å². The van der Waals surface area contributed by atoms with Gasteiger partial charge in [0.2, 0.25) is 5.76 Å². The maximum Gasteiger partial charge on any atom is 0.276 e. The highest BCUT2D eigenvalue weighted by molar-refractivity contribution is 5.93. The van der Waals surface area contributed by atoms with E-state index >= 15 is 0 Å². The molecule has 6 nitrogen and oxygen atoms in total. The van der Waals surface area contributed by atoms with Crippen LogP contribution in [0.4, 0.5) is 0 Å². The third-order valence-electron chi connectivity index (χ3n) is 3.88. The van der Waals surface area contributed by atoms with E-state index in [0.717, 1.165) is 18.6 Å². The number of carbonyl (C=O) groups is 1. The predicted molar refractivity (Wildman–Crippen MR) is 75.9 cm³/mol. The molecule has 0 aromatic carbocycles. The Balaban J connectivity index is 1.59. The highest BCUT2D eigenvalue weighted by atomic mass is 16.5. The van der Waals surface area contributed by atoms with E-state index in [9.17, 15) is 4.79 Å². The van der Waals surface area contributed by atoms with Crippen molar-refractivity contribution in [3.8, 4) is 11.5 Å². The van der Waals surface area contributed by atoms with Crippen molar-refractivity contribution >= 4 is 5.91 Å². The van der Waals surface area contributed by atoms with Crippen molar-refractivity contribution in [2.24, 2.45) is 0 Å². The minimum absolute atomic E-state index is 0.0359. The number of likely N-dealkylation sites (tertiary alicyclic amines) is 1. The fraction of sp³-hybridized carbons (Fsp3) is 0.250. The number of rotatable bonds is 3. The van der Waals surface area contributed by atoms with Crippen LogP contribution in [0, 0.1) is 0 Å². The molecule has 0 bridgehead atoms. The minimum Gasteiger partial charge on any atom is -0.467 e. The van der Waals surface area contributed by atoms with Gasteiger partial charge in [-0.05, 0) is 37.1 Å². The largest absolute Gasteiger partial charge is 0.467 e. The van der Waals surface area contributed by atoms with Crippen molar-refractivity contribution in [3.63, 3.8) is 0 Å². The van der Waals surface area contributed by atoms with E-state index in [-0.39, 0.29) is 17.6 Å². The van der Waals surface area contributed by atoms with Crippen LogP contribution in [0.2, 0.25) is 0 Å². The van der Waals surface area contributed by atoms with Crippen LogP contribution in [-0.2, 0) is 0 Å². The summed E-state index contributed by atoms with van der Waals surface area (Å²) in [5.74, 6) is 1.65. The van der Waals surface area contributed by atoms with E-state index in [2.05, 4.69) is 5.16 Å². The third-order valence-corrected chi connectivity index (χ3v) is 3.88. The molecule has 0 radical (unpaired) electrons. The molecule has 3 aromatic rings. The van der Waals surface area contributed by atoms with Gasteiger partial charge in [-0.3, -0.25) is 4.79 Å². The van der Waals surface area contributed by atoms with Gasteiger partial charge in [0.15, 0.2) is 11.5 Å². The fourth-order valence-electron chi connectivity index (χ4n) is 2.84. The first-order valence-corrected chi connectivity index (χ1v) is 7.18. The predicted octanol–water partition coefficient (Wildman–Crippen LogP) is 3.50.